The molecule has 0 saturated carbocycles. The van der Waals surface area contributed by atoms with Crippen molar-refractivity contribution in [2.45, 2.75) is 58.7 Å². The van der Waals surface area contributed by atoms with Gasteiger partial charge in [0.05, 0.1) is 5.69 Å². The average molecular weight is 287 g/mol. The summed E-state index contributed by atoms with van der Waals surface area (Å²) in [5, 5.41) is 0. The van der Waals surface area contributed by atoms with Crippen molar-refractivity contribution >= 4 is 0 Å². The van der Waals surface area contributed by atoms with E-state index in [0.29, 0.717) is 12.0 Å². The lowest BCUT2D eigenvalue weighted by molar-refractivity contribution is -0.0124. The summed E-state index contributed by atoms with van der Waals surface area (Å²) in [5.74, 6) is 0.705. The van der Waals surface area contributed by atoms with E-state index in [1.807, 2.05) is 12.3 Å². The van der Waals surface area contributed by atoms with Gasteiger partial charge in [-0.3, -0.25) is 14.8 Å². The Balaban J connectivity index is 1.76. The fraction of sp³-hybridized carbons (Fsp3) is 0.722. The number of aromatic nitrogens is 1. The molecule has 3 heterocycles. The first kappa shape index (κ1) is 15.0. The van der Waals surface area contributed by atoms with Crippen LogP contribution in [0.5, 0.6) is 0 Å². The molecule has 2 atom stereocenters. The zero-order valence-electron chi connectivity index (χ0n) is 13.8. The van der Waals surface area contributed by atoms with Crippen molar-refractivity contribution < 1.29 is 0 Å². The maximum absolute atomic E-state index is 4.61. The molecule has 3 heteroatoms. The number of pyridine rings is 1. The van der Waals surface area contributed by atoms with Crippen LogP contribution in [0.15, 0.2) is 18.3 Å². The summed E-state index contributed by atoms with van der Waals surface area (Å²) in [6.07, 6.45) is 6.11. The summed E-state index contributed by atoms with van der Waals surface area (Å²) < 4.78 is 0. The highest BCUT2D eigenvalue weighted by molar-refractivity contribution is 5.17. The topological polar surface area (TPSA) is 19.4 Å². The molecule has 2 saturated heterocycles. The van der Waals surface area contributed by atoms with Gasteiger partial charge in [-0.25, -0.2) is 0 Å². The van der Waals surface area contributed by atoms with Crippen molar-refractivity contribution in [2.75, 3.05) is 19.6 Å². The molecular formula is C18H29N3. The van der Waals surface area contributed by atoms with Gasteiger partial charge >= 0.3 is 0 Å². The molecule has 1 aromatic heterocycles. The SMILES string of the molecule is Cc1cccnc1CN1CC2CCCCN2CC1C(C)C. The molecule has 0 spiro atoms. The normalized spacial score (nSPS) is 27.8. The van der Waals surface area contributed by atoms with Gasteiger partial charge in [-0.15, -0.1) is 0 Å². The maximum atomic E-state index is 4.61. The van der Waals surface area contributed by atoms with Crippen molar-refractivity contribution in [3.63, 3.8) is 0 Å². The van der Waals surface area contributed by atoms with Crippen LogP contribution in [-0.4, -0.2) is 46.5 Å². The second-order valence-electron chi connectivity index (χ2n) is 7.15. The first-order chi connectivity index (χ1) is 10.1. The van der Waals surface area contributed by atoms with Gasteiger partial charge < -0.3 is 0 Å². The average Bonchev–Trinajstić information content (AvgIpc) is 2.48. The van der Waals surface area contributed by atoms with Gasteiger partial charge in [0.25, 0.3) is 0 Å². The van der Waals surface area contributed by atoms with Crippen LogP contribution in [0.4, 0.5) is 0 Å². The Bertz CT molecular complexity index is 471. The molecule has 3 rings (SSSR count). The molecule has 3 nitrogen and oxygen atoms in total. The van der Waals surface area contributed by atoms with Gasteiger partial charge in [-0.1, -0.05) is 26.3 Å². The lowest BCUT2D eigenvalue weighted by Gasteiger charge is -2.49. The molecule has 0 bridgehead atoms. The molecule has 0 aromatic carbocycles. The fourth-order valence-corrected chi connectivity index (χ4v) is 3.96. The quantitative estimate of drug-likeness (QED) is 0.851. The van der Waals surface area contributed by atoms with Gasteiger partial charge in [-0.2, -0.15) is 0 Å². The van der Waals surface area contributed by atoms with Crippen molar-refractivity contribution in [3.05, 3.63) is 29.6 Å². The van der Waals surface area contributed by atoms with Crippen molar-refractivity contribution in [1.29, 1.82) is 0 Å². The molecule has 1 aromatic rings. The van der Waals surface area contributed by atoms with Crippen LogP contribution in [0.2, 0.25) is 0 Å². The lowest BCUT2D eigenvalue weighted by Crippen LogP contribution is -2.60. The van der Waals surface area contributed by atoms with Crippen LogP contribution in [0.3, 0.4) is 0 Å². The highest BCUT2D eigenvalue weighted by Crippen LogP contribution is 2.28. The van der Waals surface area contributed by atoms with Gasteiger partial charge in [0.1, 0.15) is 0 Å². The molecule has 2 fully saturated rings. The van der Waals surface area contributed by atoms with E-state index < -0.39 is 0 Å². The van der Waals surface area contributed by atoms with Gasteiger partial charge in [0.2, 0.25) is 0 Å². The number of piperazine rings is 1. The second kappa shape index (κ2) is 6.45. The molecule has 2 aliphatic heterocycles. The first-order valence-corrected chi connectivity index (χ1v) is 8.53. The zero-order valence-corrected chi connectivity index (χ0v) is 13.8. The van der Waals surface area contributed by atoms with Crippen LogP contribution >= 0.6 is 0 Å². The minimum atomic E-state index is 0.667. The van der Waals surface area contributed by atoms with Gasteiger partial charge in [0.15, 0.2) is 0 Å². The Morgan fingerprint density at radius 2 is 2.14 bits per heavy atom. The predicted molar refractivity (Wildman–Crippen MR) is 87.2 cm³/mol. The summed E-state index contributed by atoms with van der Waals surface area (Å²) >= 11 is 0. The Morgan fingerprint density at radius 3 is 2.90 bits per heavy atom. The van der Waals surface area contributed by atoms with E-state index in [1.54, 1.807) is 0 Å². The maximum Gasteiger partial charge on any atom is 0.0573 e. The third-order valence-electron chi connectivity index (χ3n) is 5.33. The molecule has 2 unspecified atom stereocenters. The zero-order chi connectivity index (χ0) is 14.8. The molecule has 0 N–H and O–H groups in total. The summed E-state index contributed by atoms with van der Waals surface area (Å²) in [7, 11) is 0. The number of fused-ring (bicyclic) bond motifs is 1. The van der Waals surface area contributed by atoms with Gasteiger partial charge in [-0.05, 0) is 43.9 Å². The van der Waals surface area contributed by atoms with Crippen LogP contribution < -0.4 is 0 Å². The third-order valence-corrected chi connectivity index (χ3v) is 5.33. The Morgan fingerprint density at radius 1 is 1.29 bits per heavy atom. The van der Waals surface area contributed by atoms with E-state index in [1.165, 1.54) is 50.2 Å². The molecule has 0 radical (unpaired) electrons. The number of piperidine rings is 1. The molecule has 0 amide bonds. The van der Waals surface area contributed by atoms with Crippen molar-refractivity contribution in [3.8, 4) is 0 Å². The smallest absolute Gasteiger partial charge is 0.0573 e. The van der Waals surface area contributed by atoms with E-state index in [9.17, 15) is 0 Å². The van der Waals surface area contributed by atoms with Gasteiger partial charge in [0, 0.05) is 37.9 Å². The number of nitrogens with zero attached hydrogens (tertiary/aromatic N) is 3. The fourth-order valence-electron chi connectivity index (χ4n) is 3.96. The van der Waals surface area contributed by atoms with E-state index in [-0.39, 0.29) is 0 Å². The molecule has 116 valence electrons. The minimum absolute atomic E-state index is 0.667. The third kappa shape index (κ3) is 3.29. The Kier molecular flexibility index (Phi) is 4.60. The largest absolute Gasteiger partial charge is 0.298 e. The monoisotopic (exact) mass is 287 g/mol. The summed E-state index contributed by atoms with van der Waals surface area (Å²) in [6.45, 7) is 11.7. The number of hydrogen-bond acceptors (Lipinski definition) is 3. The lowest BCUT2D eigenvalue weighted by atomic mass is 9.92. The molecule has 21 heavy (non-hydrogen) atoms. The molecular weight excluding hydrogens is 258 g/mol. The Labute approximate surface area is 129 Å². The highest BCUT2D eigenvalue weighted by atomic mass is 15.3. The number of aryl methyl sites for hydroxylation is 1. The minimum Gasteiger partial charge on any atom is -0.298 e. The van der Waals surface area contributed by atoms with Crippen molar-refractivity contribution in [2.24, 2.45) is 5.92 Å². The number of rotatable bonds is 3. The van der Waals surface area contributed by atoms with E-state index in [4.69, 9.17) is 0 Å². The van der Waals surface area contributed by atoms with Crippen LogP contribution in [0.1, 0.15) is 44.4 Å². The van der Waals surface area contributed by atoms with Crippen molar-refractivity contribution in [1.82, 2.24) is 14.8 Å². The number of hydrogen-bond donors (Lipinski definition) is 0. The second-order valence-corrected chi connectivity index (χ2v) is 7.15. The predicted octanol–water partition coefficient (Wildman–Crippen LogP) is 3.08. The Hall–Kier alpha value is -0.930. The van der Waals surface area contributed by atoms with Crippen LogP contribution in [0, 0.1) is 12.8 Å². The van der Waals surface area contributed by atoms with E-state index in [0.717, 1.165) is 12.6 Å². The summed E-state index contributed by atoms with van der Waals surface area (Å²) in [6, 6.07) is 5.67. The standard InChI is InChI=1S/C18H29N3/c1-14(2)18-13-20-10-5-4-8-16(20)11-21(18)12-17-15(3)7-6-9-19-17/h6-7,9,14,16,18H,4-5,8,10-13H2,1-3H3. The van der Waals surface area contributed by atoms with Crippen LogP contribution in [0.25, 0.3) is 0 Å². The first-order valence-electron chi connectivity index (χ1n) is 8.53. The van der Waals surface area contributed by atoms with Crippen LogP contribution in [-0.2, 0) is 6.54 Å². The molecule has 2 aliphatic rings. The molecule has 0 aliphatic carbocycles. The van der Waals surface area contributed by atoms with E-state index in [2.05, 4.69) is 41.6 Å². The van der Waals surface area contributed by atoms with E-state index >= 15 is 0 Å². The highest BCUT2D eigenvalue weighted by Gasteiger charge is 2.36. The summed E-state index contributed by atoms with van der Waals surface area (Å²) in [5.41, 5.74) is 2.58. The summed E-state index contributed by atoms with van der Waals surface area (Å²) in [4.78, 5) is 10.1.